The lowest BCUT2D eigenvalue weighted by molar-refractivity contribution is 0.0996. The van der Waals surface area contributed by atoms with Crippen LogP contribution in [0.4, 0.5) is 20.3 Å². The van der Waals surface area contributed by atoms with E-state index in [1.807, 2.05) is 6.08 Å². The van der Waals surface area contributed by atoms with Crippen LogP contribution in [-0.4, -0.2) is 22.4 Å². The largest absolute Gasteiger partial charge is 0.483 e. The lowest BCUT2D eigenvalue weighted by atomic mass is 10.1. The van der Waals surface area contributed by atoms with Gasteiger partial charge in [0.1, 0.15) is 23.9 Å². The molecule has 0 saturated heterocycles. The molecule has 5 N–H and O–H groups in total. The van der Waals surface area contributed by atoms with Crippen LogP contribution in [0.1, 0.15) is 16.1 Å². The molecule has 0 saturated carbocycles. The Morgan fingerprint density at radius 1 is 1.28 bits per heavy atom. The van der Waals surface area contributed by atoms with Gasteiger partial charge in [0.25, 0.3) is 5.91 Å². The molecule has 2 aromatic heterocycles. The minimum absolute atomic E-state index is 0.0249. The Balaban J connectivity index is 1.65. The summed E-state index contributed by atoms with van der Waals surface area (Å²) < 4.78 is 33.3. The predicted molar refractivity (Wildman–Crippen MR) is 103 cm³/mol. The molecule has 0 bridgehead atoms. The van der Waals surface area contributed by atoms with Crippen molar-refractivity contribution >= 4 is 28.3 Å². The van der Waals surface area contributed by atoms with Gasteiger partial charge in [-0.1, -0.05) is 6.08 Å². The number of anilines is 2. The number of carbonyl (C=O) groups excluding carboxylic acids is 1. The number of nitrogens with zero attached hydrogens (tertiary/aromatic N) is 3. The van der Waals surface area contributed by atoms with Gasteiger partial charge in [-0.15, -0.1) is 0 Å². The number of nitrogen functional groups attached to an aromatic ring is 1. The van der Waals surface area contributed by atoms with E-state index in [0.717, 1.165) is 12.3 Å². The molecule has 0 unspecified atom stereocenters. The van der Waals surface area contributed by atoms with E-state index in [1.165, 1.54) is 18.2 Å². The smallest absolute Gasteiger partial charge is 0.251 e. The van der Waals surface area contributed by atoms with Gasteiger partial charge in [0.2, 0.25) is 0 Å². The van der Waals surface area contributed by atoms with Crippen LogP contribution in [0, 0.1) is 11.6 Å². The number of ether oxygens (including phenoxy) is 1. The van der Waals surface area contributed by atoms with Crippen molar-refractivity contribution in [2.45, 2.75) is 6.61 Å². The summed E-state index contributed by atoms with van der Waals surface area (Å²) in [7, 11) is 0. The van der Waals surface area contributed by atoms with Gasteiger partial charge >= 0.3 is 0 Å². The van der Waals surface area contributed by atoms with Gasteiger partial charge in [0.15, 0.2) is 11.6 Å². The van der Waals surface area contributed by atoms with Crippen molar-refractivity contribution in [3.63, 3.8) is 0 Å². The molecular formula is C19H16F2N6O2. The SMILES string of the molecule is NC(=O)c1cc2cc(OCc3ncc(F)cc3N3C=CCN3)c(N)nc2cc1F. The normalized spacial score (nSPS) is 13.2. The number of fused-ring (bicyclic) bond motifs is 1. The second-order valence-electron chi connectivity index (χ2n) is 6.29. The molecule has 0 fully saturated rings. The number of primary amides is 1. The van der Waals surface area contributed by atoms with E-state index in [9.17, 15) is 13.6 Å². The van der Waals surface area contributed by atoms with E-state index in [2.05, 4.69) is 15.4 Å². The number of amides is 1. The number of nitrogens with two attached hydrogens (primary N) is 2. The summed E-state index contributed by atoms with van der Waals surface area (Å²) in [5.41, 5.74) is 15.1. The van der Waals surface area contributed by atoms with Gasteiger partial charge in [0.05, 0.1) is 23.0 Å². The van der Waals surface area contributed by atoms with Crippen molar-refractivity contribution in [3.8, 4) is 5.75 Å². The maximum absolute atomic E-state index is 13.9. The summed E-state index contributed by atoms with van der Waals surface area (Å²) in [6.07, 6.45) is 4.72. The number of hydrazine groups is 1. The number of benzene rings is 1. The predicted octanol–water partition coefficient (Wildman–Crippen LogP) is 2.01. The van der Waals surface area contributed by atoms with E-state index in [-0.39, 0.29) is 29.3 Å². The fourth-order valence-electron chi connectivity index (χ4n) is 2.95. The number of hydrogen-bond acceptors (Lipinski definition) is 7. The molecule has 0 spiro atoms. The maximum atomic E-state index is 13.9. The van der Waals surface area contributed by atoms with Crippen molar-refractivity contribution in [1.82, 2.24) is 15.4 Å². The van der Waals surface area contributed by atoms with Crippen LogP contribution in [0.3, 0.4) is 0 Å². The van der Waals surface area contributed by atoms with Crippen LogP contribution in [0.2, 0.25) is 0 Å². The number of pyridine rings is 2. The molecule has 1 amide bonds. The van der Waals surface area contributed by atoms with Crippen LogP contribution in [-0.2, 0) is 6.61 Å². The summed E-state index contributed by atoms with van der Waals surface area (Å²) >= 11 is 0. The zero-order valence-electron chi connectivity index (χ0n) is 15.0. The van der Waals surface area contributed by atoms with Crippen LogP contribution >= 0.6 is 0 Å². The number of halogens is 2. The quantitative estimate of drug-likeness (QED) is 0.601. The second kappa shape index (κ2) is 7.32. The van der Waals surface area contributed by atoms with E-state index in [4.69, 9.17) is 16.2 Å². The summed E-state index contributed by atoms with van der Waals surface area (Å²) in [6, 6.07) is 5.23. The third-order valence-corrected chi connectivity index (χ3v) is 4.33. The monoisotopic (exact) mass is 398 g/mol. The average molecular weight is 398 g/mol. The molecule has 1 aliphatic rings. The molecule has 0 aliphatic carbocycles. The zero-order valence-corrected chi connectivity index (χ0v) is 15.0. The molecule has 0 radical (unpaired) electrons. The van der Waals surface area contributed by atoms with Crippen molar-refractivity contribution in [2.24, 2.45) is 5.73 Å². The number of carbonyl (C=O) groups is 1. The summed E-state index contributed by atoms with van der Waals surface area (Å²) in [5.74, 6) is -1.92. The summed E-state index contributed by atoms with van der Waals surface area (Å²) in [4.78, 5) is 19.6. The maximum Gasteiger partial charge on any atom is 0.251 e. The van der Waals surface area contributed by atoms with E-state index < -0.39 is 17.5 Å². The molecule has 29 heavy (non-hydrogen) atoms. The van der Waals surface area contributed by atoms with Gasteiger partial charge < -0.3 is 16.2 Å². The van der Waals surface area contributed by atoms with Gasteiger partial charge in [-0.25, -0.2) is 19.2 Å². The van der Waals surface area contributed by atoms with E-state index in [1.54, 1.807) is 11.2 Å². The van der Waals surface area contributed by atoms with E-state index in [0.29, 0.717) is 23.3 Å². The second-order valence-corrected chi connectivity index (χ2v) is 6.29. The zero-order chi connectivity index (χ0) is 20.5. The Hall–Kier alpha value is -3.79. The number of hydrogen-bond donors (Lipinski definition) is 3. The van der Waals surface area contributed by atoms with Gasteiger partial charge in [-0.2, -0.15) is 0 Å². The summed E-state index contributed by atoms with van der Waals surface area (Å²) in [6.45, 7) is 0.583. The lowest BCUT2D eigenvalue weighted by Gasteiger charge is -2.19. The molecule has 0 atom stereocenters. The molecule has 1 aliphatic heterocycles. The Kier molecular flexibility index (Phi) is 4.69. The molecule has 4 rings (SSSR count). The highest BCUT2D eigenvalue weighted by Crippen LogP contribution is 2.29. The molecule has 8 nitrogen and oxygen atoms in total. The Morgan fingerprint density at radius 3 is 2.83 bits per heavy atom. The standard InChI is InChI=1S/C19H16F2N6O2/c20-11-6-16(27-3-1-2-25-27)15(24-8-11)9-29-17-5-10-4-12(19(23)28)13(21)7-14(10)26-18(17)22/h1,3-8,25H,2,9H2,(H2,22,26)(H2,23,28). The van der Waals surface area contributed by atoms with Crippen LogP contribution < -0.4 is 26.6 Å². The van der Waals surface area contributed by atoms with Crippen molar-refractivity contribution in [2.75, 3.05) is 17.3 Å². The minimum Gasteiger partial charge on any atom is -0.483 e. The molecule has 3 aromatic rings. The topological polar surface area (TPSA) is 119 Å². The first kappa shape index (κ1) is 18.6. The number of nitrogens with one attached hydrogen (secondary N) is 1. The molecule has 3 heterocycles. The third-order valence-electron chi connectivity index (χ3n) is 4.33. The third kappa shape index (κ3) is 3.65. The fourth-order valence-corrected chi connectivity index (χ4v) is 2.95. The Bertz CT molecular complexity index is 1150. The van der Waals surface area contributed by atoms with E-state index >= 15 is 0 Å². The number of aromatic nitrogens is 2. The van der Waals surface area contributed by atoms with Crippen molar-refractivity contribution in [3.05, 3.63) is 65.6 Å². The first-order valence-electron chi connectivity index (χ1n) is 8.58. The van der Waals surface area contributed by atoms with Crippen molar-refractivity contribution in [1.29, 1.82) is 0 Å². The number of rotatable bonds is 5. The average Bonchev–Trinajstić information content (AvgIpc) is 3.21. The van der Waals surface area contributed by atoms with Gasteiger partial charge in [0, 0.05) is 30.3 Å². The van der Waals surface area contributed by atoms with Crippen LogP contribution in [0.5, 0.6) is 5.75 Å². The Morgan fingerprint density at radius 2 is 2.10 bits per heavy atom. The van der Waals surface area contributed by atoms with Crippen LogP contribution in [0.25, 0.3) is 10.9 Å². The highest BCUT2D eigenvalue weighted by atomic mass is 19.1. The molecule has 10 heteroatoms. The van der Waals surface area contributed by atoms with Gasteiger partial charge in [-0.3, -0.25) is 14.8 Å². The highest BCUT2D eigenvalue weighted by molar-refractivity contribution is 5.97. The highest BCUT2D eigenvalue weighted by Gasteiger charge is 2.17. The Labute approximate surface area is 163 Å². The minimum atomic E-state index is -0.894. The first-order chi connectivity index (χ1) is 13.9. The molecular weight excluding hydrogens is 382 g/mol. The molecule has 1 aromatic carbocycles. The van der Waals surface area contributed by atoms with Gasteiger partial charge in [-0.05, 0) is 12.1 Å². The lowest BCUT2D eigenvalue weighted by Crippen LogP contribution is -2.29. The van der Waals surface area contributed by atoms with Crippen LogP contribution in [0.15, 0.2) is 42.7 Å². The fraction of sp³-hybridized carbons (Fsp3) is 0.105. The van der Waals surface area contributed by atoms with Crippen molar-refractivity contribution < 1.29 is 18.3 Å². The molecule has 148 valence electrons. The first-order valence-corrected chi connectivity index (χ1v) is 8.58. The summed E-state index contributed by atoms with van der Waals surface area (Å²) in [5, 5.41) is 2.07.